The molecule has 4 aromatic rings. The van der Waals surface area contributed by atoms with Gasteiger partial charge in [-0.25, -0.2) is 14.6 Å². The number of hydrogen-bond donors (Lipinski definition) is 3. The van der Waals surface area contributed by atoms with Gasteiger partial charge in [-0.1, -0.05) is 5.16 Å². The van der Waals surface area contributed by atoms with E-state index in [4.69, 9.17) is 30.1 Å². The van der Waals surface area contributed by atoms with E-state index in [0.29, 0.717) is 57.3 Å². The molecule has 4 aromatic heterocycles. The molecule has 5 unspecified atom stereocenters. The lowest BCUT2D eigenvalue weighted by atomic mass is 9.63. The van der Waals surface area contributed by atoms with E-state index in [9.17, 15) is 10.4 Å². The smallest absolute Gasteiger partial charge is 0.246 e. The van der Waals surface area contributed by atoms with Gasteiger partial charge in [0.1, 0.15) is 22.3 Å². The van der Waals surface area contributed by atoms with Crippen LogP contribution in [-0.2, 0) is 18.3 Å². The van der Waals surface area contributed by atoms with Gasteiger partial charge in [0.25, 0.3) is 0 Å². The van der Waals surface area contributed by atoms with E-state index < -0.39 is 11.5 Å². The van der Waals surface area contributed by atoms with Crippen molar-refractivity contribution in [3.63, 3.8) is 0 Å². The number of aliphatic hydroxyl groups excluding tert-OH is 1. The molecule has 1 spiro atoms. The summed E-state index contributed by atoms with van der Waals surface area (Å²) < 4.78 is 14.0. The lowest BCUT2D eigenvalue weighted by Crippen LogP contribution is -2.35. The SMILES string of the molecule is COc1nn(C(C)C2CCCN2C)c2nc(-c3noc4c3CCCC43CCCc4sc(N)c(C#N)c43)nc(NC3CC3O)c12. The van der Waals surface area contributed by atoms with Crippen LogP contribution >= 0.6 is 11.3 Å². The van der Waals surface area contributed by atoms with Crippen LogP contribution in [0.3, 0.4) is 0 Å². The maximum Gasteiger partial charge on any atom is 0.246 e. The molecule has 1 saturated carbocycles. The van der Waals surface area contributed by atoms with E-state index in [1.807, 2.05) is 4.68 Å². The van der Waals surface area contributed by atoms with Gasteiger partial charge < -0.3 is 30.3 Å². The molecular weight excluding hydrogens is 578 g/mol. The Morgan fingerprint density at radius 2 is 2.05 bits per heavy atom. The van der Waals surface area contributed by atoms with Crippen molar-refractivity contribution < 1.29 is 14.4 Å². The van der Waals surface area contributed by atoms with Gasteiger partial charge in [0.15, 0.2) is 22.9 Å². The first kappa shape index (κ1) is 27.8. The van der Waals surface area contributed by atoms with E-state index in [-0.39, 0.29) is 12.1 Å². The highest BCUT2D eigenvalue weighted by Gasteiger charge is 2.49. The zero-order valence-corrected chi connectivity index (χ0v) is 26.1. The Morgan fingerprint density at radius 3 is 2.75 bits per heavy atom. The van der Waals surface area contributed by atoms with Crippen LogP contribution in [-0.4, -0.2) is 73.8 Å². The summed E-state index contributed by atoms with van der Waals surface area (Å²) in [5.41, 5.74) is 9.83. The number of likely N-dealkylation sites (tertiary alicyclic amines) is 1. The standard InChI is InChI=1S/C31H37N9O3S/c1-15(19-8-6-12-39(19)2)40-29-22(30(37-40)42-3)27(34-18-13-20(18)41)35-28(36-29)24-16-7-4-10-31(25(16)43-38-24)11-5-9-21-23(31)17(14-32)26(33)44-21/h15,18-20,41H,4-13,33H2,1-3H3,(H,34,35,36). The highest BCUT2D eigenvalue weighted by molar-refractivity contribution is 7.16. The van der Waals surface area contributed by atoms with Gasteiger partial charge in [-0.2, -0.15) is 5.26 Å². The van der Waals surface area contributed by atoms with Crippen molar-refractivity contribution in [3.8, 4) is 23.5 Å². The third-order valence-electron chi connectivity index (χ3n) is 10.4. The molecule has 4 aliphatic rings. The van der Waals surface area contributed by atoms with Crippen molar-refractivity contribution in [3.05, 3.63) is 27.3 Å². The largest absolute Gasteiger partial charge is 0.479 e. The van der Waals surface area contributed by atoms with Crippen molar-refractivity contribution in [1.29, 1.82) is 5.26 Å². The first-order valence-corrected chi connectivity index (χ1v) is 16.5. The van der Waals surface area contributed by atoms with Crippen LogP contribution < -0.4 is 15.8 Å². The summed E-state index contributed by atoms with van der Waals surface area (Å²) in [6, 6.07) is 2.65. The number of hydrogen-bond acceptors (Lipinski definition) is 12. The molecule has 13 heteroatoms. The van der Waals surface area contributed by atoms with Gasteiger partial charge in [-0.15, -0.1) is 16.4 Å². The number of rotatable bonds is 6. The maximum absolute atomic E-state index is 10.2. The van der Waals surface area contributed by atoms with Crippen molar-refractivity contribution in [2.24, 2.45) is 0 Å². The number of nitrogens with zero attached hydrogens (tertiary/aromatic N) is 7. The van der Waals surface area contributed by atoms with E-state index in [1.165, 1.54) is 16.2 Å². The second kappa shape index (κ2) is 10.2. The number of likely N-dealkylation sites (N-methyl/N-ethyl adjacent to an activating group) is 1. The Bertz CT molecular complexity index is 1820. The fraction of sp³-hybridized carbons (Fsp3) is 0.581. The van der Waals surface area contributed by atoms with Gasteiger partial charge >= 0.3 is 0 Å². The summed E-state index contributed by atoms with van der Waals surface area (Å²) in [5, 5.41) is 34.5. The molecule has 44 heavy (non-hydrogen) atoms. The van der Waals surface area contributed by atoms with Crippen molar-refractivity contribution in [2.75, 3.05) is 31.8 Å². The Morgan fingerprint density at radius 1 is 1.25 bits per heavy atom. The van der Waals surface area contributed by atoms with Crippen molar-refractivity contribution in [2.45, 2.75) is 94.4 Å². The summed E-state index contributed by atoms with van der Waals surface area (Å²) in [5.74, 6) is 2.29. The van der Waals surface area contributed by atoms with Gasteiger partial charge in [-0.05, 0) is 83.9 Å². The molecule has 0 radical (unpaired) electrons. The number of nitrogens with one attached hydrogen (secondary N) is 1. The Hall–Kier alpha value is -3.73. The molecule has 0 bridgehead atoms. The first-order chi connectivity index (χ1) is 21.3. The topological polar surface area (TPSA) is 164 Å². The zero-order chi connectivity index (χ0) is 30.3. The second-order valence-electron chi connectivity index (χ2n) is 12.9. The van der Waals surface area contributed by atoms with Crippen LogP contribution in [0, 0.1) is 11.3 Å². The normalized spacial score (nSPS) is 26.8. The second-order valence-corrected chi connectivity index (χ2v) is 14.0. The molecule has 0 aromatic carbocycles. The molecule has 2 fully saturated rings. The third-order valence-corrected chi connectivity index (χ3v) is 11.5. The summed E-state index contributed by atoms with van der Waals surface area (Å²) in [6.07, 6.45) is 7.85. The van der Waals surface area contributed by atoms with E-state index in [1.54, 1.807) is 7.11 Å². The molecule has 4 N–H and O–H groups in total. The minimum Gasteiger partial charge on any atom is -0.479 e. The number of aromatic nitrogens is 5. The number of aliphatic hydroxyl groups is 1. The minimum absolute atomic E-state index is 0.0413. The molecule has 12 nitrogen and oxygen atoms in total. The maximum atomic E-state index is 10.2. The van der Waals surface area contributed by atoms with Gasteiger partial charge in [0, 0.05) is 16.5 Å². The van der Waals surface area contributed by atoms with Crippen LogP contribution in [0.4, 0.5) is 10.8 Å². The van der Waals surface area contributed by atoms with Gasteiger partial charge in [0.05, 0.1) is 36.3 Å². The van der Waals surface area contributed by atoms with E-state index in [2.05, 4.69) is 35.4 Å². The van der Waals surface area contributed by atoms with Crippen molar-refractivity contribution in [1.82, 2.24) is 29.8 Å². The van der Waals surface area contributed by atoms with Gasteiger partial charge in [-0.3, -0.25) is 0 Å². The molecule has 8 rings (SSSR count). The Kier molecular flexibility index (Phi) is 6.41. The quantitative estimate of drug-likeness (QED) is 0.285. The first-order valence-electron chi connectivity index (χ1n) is 15.6. The van der Waals surface area contributed by atoms with E-state index in [0.717, 1.165) is 74.8 Å². The average Bonchev–Trinajstić information content (AvgIpc) is 3.48. The molecule has 0 amide bonds. The van der Waals surface area contributed by atoms with E-state index >= 15 is 0 Å². The lowest BCUT2D eigenvalue weighted by molar-refractivity contribution is 0.229. The lowest BCUT2D eigenvalue weighted by Gasteiger charge is -2.39. The number of ether oxygens (including phenoxy) is 1. The van der Waals surface area contributed by atoms with Crippen LogP contribution in [0.25, 0.3) is 22.6 Å². The number of nitriles is 1. The average molecular weight is 616 g/mol. The number of thiophene rings is 1. The predicted molar refractivity (Wildman–Crippen MR) is 166 cm³/mol. The zero-order valence-electron chi connectivity index (χ0n) is 25.3. The number of methoxy groups -OCH3 is 1. The summed E-state index contributed by atoms with van der Waals surface area (Å²) in [7, 11) is 3.77. The minimum atomic E-state index is -0.429. The monoisotopic (exact) mass is 615 g/mol. The number of nitrogens with two attached hydrogens (primary N) is 1. The number of aryl methyl sites for hydroxylation is 1. The Balaban J connectivity index is 1.30. The van der Waals surface area contributed by atoms with Gasteiger partial charge in [0.2, 0.25) is 5.88 Å². The molecule has 1 aliphatic heterocycles. The fourth-order valence-electron chi connectivity index (χ4n) is 8.08. The van der Waals surface area contributed by atoms with Crippen LogP contribution in [0.15, 0.2) is 4.52 Å². The molecule has 5 heterocycles. The number of fused-ring (bicyclic) bond motifs is 5. The van der Waals surface area contributed by atoms with Crippen LogP contribution in [0.1, 0.15) is 85.2 Å². The fourth-order valence-corrected chi connectivity index (χ4v) is 9.24. The van der Waals surface area contributed by atoms with Crippen LogP contribution in [0.5, 0.6) is 5.88 Å². The van der Waals surface area contributed by atoms with Crippen molar-refractivity contribution >= 4 is 33.2 Å². The summed E-state index contributed by atoms with van der Waals surface area (Å²) >= 11 is 1.54. The Labute approximate surface area is 259 Å². The molecular formula is C31H37N9O3S. The number of nitrogen functional groups attached to an aromatic ring is 1. The predicted octanol–water partition coefficient (Wildman–Crippen LogP) is 4.16. The molecule has 3 aliphatic carbocycles. The molecule has 5 atom stereocenters. The summed E-state index contributed by atoms with van der Waals surface area (Å²) in [6.45, 7) is 3.23. The summed E-state index contributed by atoms with van der Waals surface area (Å²) in [4.78, 5) is 13.7. The number of anilines is 2. The highest BCUT2D eigenvalue weighted by atomic mass is 32.1. The van der Waals surface area contributed by atoms with Crippen LogP contribution in [0.2, 0.25) is 0 Å². The molecule has 230 valence electrons. The third kappa shape index (κ3) is 4.00. The highest BCUT2D eigenvalue weighted by Crippen LogP contribution is 2.55. The molecule has 1 saturated heterocycles.